The maximum atomic E-state index is 11.6. The van der Waals surface area contributed by atoms with Crippen LogP contribution < -0.4 is 9.47 Å². The van der Waals surface area contributed by atoms with Crippen LogP contribution in [0.15, 0.2) is 40.8 Å². The van der Waals surface area contributed by atoms with Crippen LogP contribution in [0.3, 0.4) is 0 Å². The van der Waals surface area contributed by atoms with Gasteiger partial charge in [0.25, 0.3) is 0 Å². The van der Waals surface area contributed by atoms with E-state index in [2.05, 4.69) is 4.98 Å². The minimum Gasteiger partial charge on any atom is -0.478 e. The van der Waals surface area contributed by atoms with E-state index in [1.807, 2.05) is 50.2 Å². The molecule has 1 aromatic heterocycles. The van der Waals surface area contributed by atoms with Gasteiger partial charge in [-0.1, -0.05) is 24.6 Å². The van der Waals surface area contributed by atoms with Crippen molar-refractivity contribution < 1.29 is 33.3 Å². The Morgan fingerprint density at radius 1 is 1.11 bits per heavy atom. The average Bonchev–Trinajstić information content (AvgIpc) is 3.48. The predicted octanol–water partition coefficient (Wildman–Crippen LogP) is 5.68. The maximum absolute atomic E-state index is 11.6. The number of oxazole rings is 1. The summed E-state index contributed by atoms with van der Waals surface area (Å²) in [6, 6.07) is 11.2. The molecule has 1 aliphatic heterocycles. The highest BCUT2D eigenvalue weighted by Crippen LogP contribution is 2.36. The Morgan fingerprint density at radius 3 is 2.83 bits per heavy atom. The van der Waals surface area contributed by atoms with Crippen LogP contribution in [0.4, 0.5) is 0 Å². The fourth-order valence-electron chi connectivity index (χ4n) is 4.94. The van der Waals surface area contributed by atoms with Crippen molar-refractivity contribution >= 4 is 5.97 Å². The lowest BCUT2D eigenvalue weighted by Gasteiger charge is -2.29. The maximum Gasteiger partial charge on any atom is 0.336 e. The second-order valence-corrected chi connectivity index (χ2v) is 9.48. The van der Waals surface area contributed by atoms with E-state index >= 15 is 0 Å². The van der Waals surface area contributed by atoms with Gasteiger partial charge >= 0.3 is 5.97 Å². The normalized spacial score (nSPS) is 18.9. The van der Waals surface area contributed by atoms with Crippen LogP contribution in [0.1, 0.15) is 58.6 Å². The van der Waals surface area contributed by atoms with E-state index in [1.54, 1.807) is 0 Å². The monoisotopic (exact) mass is 493 g/mol. The number of nitrogens with zero attached hydrogens (tertiary/aromatic N) is 1. The van der Waals surface area contributed by atoms with Crippen molar-refractivity contribution in [2.24, 2.45) is 5.92 Å². The molecule has 0 saturated heterocycles. The lowest BCUT2D eigenvalue weighted by molar-refractivity contribution is -0.0183. The summed E-state index contributed by atoms with van der Waals surface area (Å²) in [6.07, 6.45) is 4.13. The van der Waals surface area contributed by atoms with E-state index in [4.69, 9.17) is 23.4 Å². The molecule has 1 fully saturated rings. The van der Waals surface area contributed by atoms with E-state index in [9.17, 15) is 9.90 Å². The fraction of sp³-hybridized carbons (Fsp3) is 0.429. The minimum atomic E-state index is -0.911. The molecule has 5 rings (SSSR count). The summed E-state index contributed by atoms with van der Waals surface area (Å²) in [5, 5.41) is 9.54. The van der Waals surface area contributed by atoms with E-state index in [0.29, 0.717) is 42.9 Å². The SMILES string of the molecule is Cc1cccc(CO[C@@H]2CCCC(COCc3nc(-c4ccc5c(c4)OCO5)oc3C)C2)c1C(=O)O. The molecule has 2 aliphatic rings. The summed E-state index contributed by atoms with van der Waals surface area (Å²) in [5.74, 6) is 2.16. The first-order valence-electron chi connectivity index (χ1n) is 12.4. The number of aryl methyl sites for hydroxylation is 2. The van der Waals surface area contributed by atoms with Gasteiger partial charge in [0.05, 0.1) is 31.5 Å². The first kappa shape index (κ1) is 24.3. The van der Waals surface area contributed by atoms with Crippen molar-refractivity contribution in [3.63, 3.8) is 0 Å². The standard InChI is InChI=1S/C28H31NO7/c1-17-5-3-7-21(26(17)28(30)31)14-33-22-8-4-6-19(11-22)13-32-15-23-18(2)36-27(29-23)20-9-10-24-25(12-20)35-16-34-24/h3,5,7,9-10,12,19,22H,4,6,8,11,13-16H2,1-2H3,(H,30,31)/t19?,22-/m1/s1. The van der Waals surface area contributed by atoms with Gasteiger partial charge in [0.15, 0.2) is 11.5 Å². The Balaban J connectivity index is 1.12. The van der Waals surface area contributed by atoms with Crippen LogP contribution in [0, 0.1) is 19.8 Å². The Morgan fingerprint density at radius 2 is 1.97 bits per heavy atom. The molecule has 8 heteroatoms. The molecule has 0 bridgehead atoms. The number of fused-ring (bicyclic) bond motifs is 1. The summed E-state index contributed by atoms with van der Waals surface area (Å²) in [6.45, 7) is 5.25. The van der Waals surface area contributed by atoms with E-state index in [-0.39, 0.29) is 12.9 Å². The van der Waals surface area contributed by atoms with Crippen LogP contribution in [0.2, 0.25) is 0 Å². The van der Waals surface area contributed by atoms with Crippen molar-refractivity contribution in [2.45, 2.75) is 58.8 Å². The molecule has 1 N–H and O–H groups in total. The highest BCUT2D eigenvalue weighted by atomic mass is 16.7. The van der Waals surface area contributed by atoms with Gasteiger partial charge in [0.1, 0.15) is 11.5 Å². The molecule has 1 saturated carbocycles. The molecule has 1 aliphatic carbocycles. The molecule has 1 unspecified atom stereocenters. The molecule has 190 valence electrons. The first-order chi connectivity index (χ1) is 17.5. The third-order valence-corrected chi connectivity index (χ3v) is 6.89. The van der Waals surface area contributed by atoms with Gasteiger partial charge in [0.2, 0.25) is 12.7 Å². The summed E-state index contributed by atoms with van der Waals surface area (Å²) >= 11 is 0. The Labute approximate surface area is 210 Å². The minimum absolute atomic E-state index is 0.0981. The number of rotatable bonds is 9. The summed E-state index contributed by atoms with van der Waals surface area (Å²) in [4.78, 5) is 16.3. The lowest BCUT2D eigenvalue weighted by atomic mass is 9.87. The summed E-state index contributed by atoms with van der Waals surface area (Å²) in [7, 11) is 0. The third kappa shape index (κ3) is 5.39. The van der Waals surface area contributed by atoms with Crippen molar-refractivity contribution in [3.05, 3.63) is 64.5 Å². The molecule has 2 atom stereocenters. The third-order valence-electron chi connectivity index (χ3n) is 6.89. The predicted molar refractivity (Wildman–Crippen MR) is 131 cm³/mol. The van der Waals surface area contributed by atoms with Crippen molar-refractivity contribution in [2.75, 3.05) is 13.4 Å². The zero-order valence-electron chi connectivity index (χ0n) is 20.6. The van der Waals surface area contributed by atoms with Gasteiger partial charge < -0.3 is 28.5 Å². The number of hydrogen-bond donors (Lipinski definition) is 1. The number of aromatic carboxylic acids is 1. The Bertz CT molecular complexity index is 1230. The smallest absolute Gasteiger partial charge is 0.336 e. The molecule has 36 heavy (non-hydrogen) atoms. The molecule has 3 aromatic rings. The zero-order valence-corrected chi connectivity index (χ0v) is 20.6. The van der Waals surface area contributed by atoms with Crippen molar-refractivity contribution in [1.29, 1.82) is 0 Å². The van der Waals surface area contributed by atoms with Gasteiger partial charge in [-0.2, -0.15) is 0 Å². The molecule has 2 aromatic carbocycles. The molecule has 8 nitrogen and oxygen atoms in total. The molecular weight excluding hydrogens is 462 g/mol. The van der Waals surface area contributed by atoms with Crippen LogP contribution in [0.5, 0.6) is 11.5 Å². The van der Waals surface area contributed by atoms with Crippen molar-refractivity contribution in [3.8, 4) is 23.0 Å². The molecular formula is C28H31NO7. The molecule has 0 radical (unpaired) electrons. The van der Waals surface area contributed by atoms with Gasteiger partial charge in [-0.3, -0.25) is 0 Å². The number of hydrogen-bond acceptors (Lipinski definition) is 7. The first-order valence-corrected chi connectivity index (χ1v) is 12.4. The highest BCUT2D eigenvalue weighted by molar-refractivity contribution is 5.91. The zero-order chi connectivity index (χ0) is 25.1. The summed E-state index contributed by atoms with van der Waals surface area (Å²) < 4.78 is 28.9. The fourth-order valence-corrected chi connectivity index (χ4v) is 4.94. The average molecular weight is 494 g/mol. The van der Waals surface area contributed by atoms with Crippen LogP contribution >= 0.6 is 0 Å². The molecule has 0 amide bonds. The second-order valence-electron chi connectivity index (χ2n) is 9.48. The number of carboxylic acid groups (broad SMARTS) is 1. The van der Waals surface area contributed by atoms with E-state index in [1.165, 1.54) is 0 Å². The van der Waals surface area contributed by atoms with Gasteiger partial charge in [0, 0.05) is 5.56 Å². The lowest BCUT2D eigenvalue weighted by Crippen LogP contribution is -2.26. The Hall–Kier alpha value is -3.36. The number of carbonyl (C=O) groups is 1. The highest BCUT2D eigenvalue weighted by Gasteiger charge is 2.24. The van der Waals surface area contributed by atoms with Gasteiger partial charge in [-0.25, -0.2) is 9.78 Å². The number of ether oxygens (including phenoxy) is 4. The number of carboxylic acids is 1. The van der Waals surface area contributed by atoms with Gasteiger partial charge in [-0.05, 0) is 68.4 Å². The van der Waals surface area contributed by atoms with E-state index in [0.717, 1.165) is 59.6 Å². The Kier molecular flexibility index (Phi) is 7.25. The van der Waals surface area contributed by atoms with Crippen LogP contribution in [-0.2, 0) is 22.7 Å². The van der Waals surface area contributed by atoms with Crippen LogP contribution in [-0.4, -0.2) is 35.6 Å². The second kappa shape index (κ2) is 10.7. The summed E-state index contributed by atoms with van der Waals surface area (Å²) in [5.41, 5.74) is 3.44. The van der Waals surface area contributed by atoms with Gasteiger partial charge in [-0.15, -0.1) is 0 Å². The number of benzene rings is 2. The molecule has 2 heterocycles. The topological polar surface area (TPSA) is 100 Å². The quantitative estimate of drug-likeness (QED) is 0.407. The largest absolute Gasteiger partial charge is 0.478 e. The van der Waals surface area contributed by atoms with Crippen molar-refractivity contribution in [1.82, 2.24) is 4.98 Å². The molecule has 0 spiro atoms. The van der Waals surface area contributed by atoms with Crippen LogP contribution in [0.25, 0.3) is 11.5 Å². The van der Waals surface area contributed by atoms with E-state index < -0.39 is 5.97 Å². The number of aromatic nitrogens is 1.